The first-order valence-electron chi connectivity index (χ1n) is 10.3. The maximum atomic E-state index is 13.2. The number of imidazole rings is 1. The Hall–Kier alpha value is -3.20. The lowest BCUT2D eigenvalue weighted by molar-refractivity contribution is -0.124. The number of carbonyl (C=O) groups is 3. The number of aromatic nitrogens is 2. The van der Waals surface area contributed by atoms with E-state index in [1.54, 1.807) is 16.7 Å². The summed E-state index contributed by atoms with van der Waals surface area (Å²) in [6.07, 6.45) is 0. The number of fused-ring (bicyclic) bond motifs is 1. The molecule has 1 aromatic heterocycles. The molecule has 0 saturated carbocycles. The molecule has 0 aliphatic carbocycles. The molecular formula is C22H30N6O3. The van der Waals surface area contributed by atoms with Crippen molar-refractivity contribution in [1.82, 2.24) is 25.1 Å². The van der Waals surface area contributed by atoms with E-state index in [2.05, 4.69) is 25.8 Å². The highest BCUT2D eigenvalue weighted by atomic mass is 16.2. The molecule has 3 N–H and O–H groups in total. The third-order valence-electron chi connectivity index (χ3n) is 5.30. The van der Waals surface area contributed by atoms with Crippen LogP contribution >= 0.6 is 0 Å². The van der Waals surface area contributed by atoms with Crippen LogP contribution in [0, 0.1) is 5.41 Å². The fraction of sp³-hybridized carbons (Fsp3) is 0.455. The summed E-state index contributed by atoms with van der Waals surface area (Å²) in [6.45, 7) is 7.39. The average molecular weight is 427 g/mol. The summed E-state index contributed by atoms with van der Waals surface area (Å²) in [7, 11) is 3.48. The first kappa shape index (κ1) is 22.5. The molecule has 2 aromatic rings. The first-order valence-corrected chi connectivity index (χ1v) is 10.3. The van der Waals surface area contributed by atoms with Gasteiger partial charge in [-0.1, -0.05) is 39.0 Å². The SMILES string of the molecule is CNC(=O)C(NC(=O)c1nc(C(=O)Nc2ccccc2)n2c1CN(C)CC2)C(C)(C)C. The highest BCUT2D eigenvalue weighted by molar-refractivity contribution is 6.04. The van der Waals surface area contributed by atoms with Crippen molar-refractivity contribution in [3.05, 3.63) is 47.5 Å². The van der Waals surface area contributed by atoms with Gasteiger partial charge in [-0.15, -0.1) is 0 Å². The van der Waals surface area contributed by atoms with E-state index in [0.717, 1.165) is 6.54 Å². The predicted molar refractivity (Wildman–Crippen MR) is 118 cm³/mol. The number of nitrogens with zero attached hydrogens (tertiary/aromatic N) is 3. The zero-order chi connectivity index (χ0) is 22.8. The second kappa shape index (κ2) is 8.89. The molecule has 0 bridgehead atoms. The topological polar surface area (TPSA) is 108 Å². The molecule has 3 rings (SSSR count). The van der Waals surface area contributed by atoms with Gasteiger partial charge < -0.3 is 20.5 Å². The van der Waals surface area contributed by atoms with E-state index in [-0.39, 0.29) is 23.3 Å². The number of hydrogen-bond donors (Lipinski definition) is 3. The number of likely N-dealkylation sites (N-methyl/N-ethyl adjacent to an activating group) is 2. The van der Waals surface area contributed by atoms with Crippen LogP contribution in [0.4, 0.5) is 5.69 Å². The Morgan fingerprint density at radius 1 is 1.06 bits per heavy atom. The third kappa shape index (κ3) is 4.93. The molecule has 1 atom stereocenters. The lowest BCUT2D eigenvalue weighted by Crippen LogP contribution is -2.53. The number of rotatable bonds is 5. The molecule has 1 aromatic carbocycles. The normalized spacial score (nSPS) is 15.0. The number of amides is 3. The Morgan fingerprint density at radius 2 is 1.74 bits per heavy atom. The molecule has 0 saturated heterocycles. The van der Waals surface area contributed by atoms with Crippen LogP contribution in [-0.2, 0) is 17.9 Å². The Kier molecular flexibility index (Phi) is 6.45. The van der Waals surface area contributed by atoms with Gasteiger partial charge in [0.05, 0.1) is 5.69 Å². The van der Waals surface area contributed by atoms with Gasteiger partial charge in [0.25, 0.3) is 11.8 Å². The van der Waals surface area contributed by atoms with Crippen molar-refractivity contribution in [3.63, 3.8) is 0 Å². The zero-order valence-electron chi connectivity index (χ0n) is 18.7. The summed E-state index contributed by atoms with van der Waals surface area (Å²) in [5.74, 6) is -0.950. The van der Waals surface area contributed by atoms with Crippen LogP contribution in [-0.4, -0.2) is 58.9 Å². The van der Waals surface area contributed by atoms with E-state index in [4.69, 9.17) is 0 Å². The van der Waals surface area contributed by atoms with Gasteiger partial charge in [-0.05, 0) is 24.6 Å². The van der Waals surface area contributed by atoms with Crippen LogP contribution in [0.3, 0.4) is 0 Å². The highest BCUT2D eigenvalue weighted by Crippen LogP contribution is 2.23. The summed E-state index contributed by atoms with van der Waals surface area (Å²) in [5.41, 5.74) is 0.980. The summed E-state index contributed by atoms with van der Waals surface area (Å²) in [6, 6.07) is 8.35. The molecule has 1 aliphatic rings. The van der Waals surface area contributed by atoms with Crippen LogP contribution in [0.25, 0.3) is 0 Å². The Labute approximate surface area is 182 Å². The fourth-order valence-electron chi connectivity index (χ4n) is 3.58. The van der Waals surface area contributed by atoms with Crippen LogP contribution in [0.1, 0.15) is 47.6 Å². The van der Waals surface area contributed by atoms with Crippen molar-refractivity contribution in [3.8, 4) is 0 Å². The van der Waals surface area contributed by atoms with Crippen molar-refractivity contribution < 1.29 is 14.4 Å². The lowest BCUT2D eigenvalue weighted by Gasteiger charge is -2.30. The van der Waals surface area contributed by atoms with Crippen molar-refractivity contribution >= 4 is 23.4 Å². The largest absolute Gasteiger partial charge is 0.357 e. The van der Waals surface area contributed by atoms with Gasteiger partial charge >= 0.3 is 0 Å². The number of anilines is 1. The summed E-state index contributed by atoms with van der Waals surface area (Å²) in [5, 5.41) is 8.24. The molecule has 1 unspecified atom stereocenters. The first-order chi connectivity index (χ1) is 14.6. The van der Waals surface area contributed by atoms with Gasteiger partial charge in [0.15, 0.2) is 11.5 Å². The van der Waals surface area contributed by atoms with Gasteiger partial charge in [-0.3, -0.25) is 19.3 Å². The van der Waals surface area contributed by atoms with Gasteiger partial charge in [-0.25, -0.2) is 4.98 Å². The monoisotopic (exact) mass is 426 g/mol. The maximum absolute atomic E-state index is 13.2. The zero-order valence-corrected chi connectivity index (χ0v) is 18.7. The molecule has 3 amide bonds. The maximum Gasteiger partial charge on any atom is 0.291 e. The Morgan fingerprint density at radius 3 is 2.35 bits per heavy atom. The molecular weight excluding hydrogens is 396 g/mol. The number of para-hydroxylation sites is 1. The van der Waals surface area contributed by atoms with Gasteiger partial charge in [0.1, 0.15) is 6.04 Å². The average Bonchev–Trinajstić information content (AvgIpc) is 3.10. The Balaban J connectivity index is 1.94. The van der Waals surface area contributed by atoms with E-state index in [0.29, 0.717) is 24.5 Å². The molecule has 0 spiro atoms. The smallest absolute Gasteiger partial charge is 0.291 e. The molecule has 31 heavy (non-hydrogen) atoms. The predicted octanol–water partition coefficient (Wildman–Crippen LogP) is 1.47. The van der Waals surface area contributed by atoms with E-state index in [1.807, 2.05) is 46.0 Å². The second-order valence-electron chi connectivity index (χ2n) is 8.83. The van der Waals surface area contributed by atoms with Crippen molar-refractivity contribution in [2.24, 2.45) is 5.41 Å². The van der Waals surface area contributed by atoms with E-state index in [9.17, 15) is 14.4 Å². The minimum Gasteiger partial charge on any atom is -0.357 e. The summed E-state index contributed by atoms with van der Waals surface area (Å²) < 4.78 is 1.79. The number of nitrogens with one attached hydrogen (secondary N) is 3. The number of benzene rings is 1. The van der Waals surface area contributed by atoms with Crippen LogP contribution in [0.2, 0.25) is 0 Å². The van der Waals surface area contributed by atoms with Gasteiger partial charge in [-0.2, -0.15) is 0 Å². The van der Waals surface area contributed by atoms with Crippen LogP contribution < -0.4 is 16.0 Å². The quantitative estimate of drug-likeness (QED) is 0.671. The molecule has 166 valence electrons. The van der Waals surface area contributed by atoms with Crippen LogP contribution in [0.5, 0.6) is 0 Å². The molecule has 0 radical (unpaired) electrons. The second-order valence-corrected chi connectivity index (χ2v) is 8.83. The number of carbonyl (C=O) groups excluding carboxylic acids is 3. The van der Waals surface area contributed by atoms with Crippen molar-refractivity contribution in [1.29, 1.82) is 0 Å². The molecule has 9 heteroatoms. The van der Waals surface area contributed by atoms with E-state index >= 15 is 0 Å². The van der Waals surface area contributed by atoms with Gasteiger partial charge in [0, 0.05) is 32.4 Å². The van der Waals surface area contributed by atoms with E-state index < -0.39 is 17.4 Å². The number of hydrogen-bond acceptors (Lipinski definition) is 5. The van der Waals surface area contributed by atoms with Crippen molar-refractivity contribution in [2.75, 3.05) is 26.0 Å². The summed E-state index contributed by atoms with van der Waals surface area (Å²) >= 11 is 0. The van der Waals surface area contributed by atoms with Crippen LogP contribution in [0.15, 0.2) is 30.3 Å². The molecule has 0 fully saturated rings. The van der Waals surface area contributed by atoms with Gasteiger partial charge in [0.2, 0.25) is 5.91 Å². The fourth-order valence-corrected chi connectivity index (χ4v) is 3.58. The van der Waals surface area contributed by atoms with Crippen molar-refractivity contribution in [2.45, 2.75) is 39.9 Å². The molecule has 1 aliphatic heterocycles. The molecule has 9 nitrogen and oxygen atoms in total. The third-order valence-corrected chi connectivity index (χ3v) is 5.30. The van der Waals surface area contributed by atoms with E-state index in [1.165, 1.54) is 7.05 Å². The summed E-state index contributed by atoms with van der Waals surface area (Å²) in [4.78, 5) is 45.0. The molecule has 2 heterocycles. The standard InChI is InChI=1S/C22H30N6O3/c1-22(2,3)17(20(30)23-4)26-19(29)16-15-13-27(5)11-12-28(15)18(25-16)21(31)24-14-9-7-6-8-10-14/h6-10,17H,11-13H2,1-5H3,(H,23,30)(H,24,31)(H,26,29). The lowest BCUT2D eigenvalue weighted by atomic mass is 9.86. The minimum atomic E-state index is -0.745. The minimum absolute atomic E-state index is 0.169. The Bertz CT molecular complexity index is 977. The highest BCUT2D eigenvalue weighted by Gasteiger charge is 2.35.